The highest BCUT2D eigenvalue weighted by atomic mass is 19.1. The summed E-state index contributed by atoms with van der Waals surface area (Å²) in [5.41, 5.74) is 7.80. The molecule has 0 radical (unpaired) electrons. The van der Waals surface area contributed by atoms with Crippen LogP contribution in [-0.2, 0) is 17.8 Å². The standard InChI is InChI=1S/C23H24F2N6O2/c1-14-9-17(31-8-2-3-21(31)32)12-18(10-14)33-13-20-28-22(26)30-23(29-20)27-7-6-15-11-16(24)4-5-19(15)25/h4-5,9-12H,2-3,6-8,13H2,1H3,(H3,26,27,28,29,30). The van der Waals surface area contributed by atoms with Crippen LogP contribution in [-0.4, -0.2) is 33.9 Å². The molecule has 0 saturated carbocycles. The number of carbonyl (C=O) groups excluding carboxylic acids is 1. The highest BCUT2D eigenvalue weighted by molar-refractivity contribution is 5.95. The van der Waals surface area contributed by atoms with Gasteiger partial charge in [0.1, 0.15) is 24.0 Å². The molecule has 1 saturated heterocycles. The van der Waals surface area contributed by atoms with Crippen molar-refractivity contribution in [2.75, 3.05) is 29.0 Å². The van der Waals surface area contributed by atoms with Gasteiger partial charge in [0, 0.05) is 31.3 Å². The molecule has 0 spiro atoms. The SMILES string of the molecule is Cc1cc(OCc2nc(N)nc(NCCc3cc(F)ccc3F)n2)cc(N2CCCC2=O)c1. The van der Waals surface area contributed by atoms with Crippen molar-refractivity contribution in [3.8, 4) is 5.75 Å². The number of carbonyl (C=O) groups is 1. The van der Waals surface area contributed by atoms with Crippen LogP contribution in [0.2, 0.25) is 0 Å². The number of nitrogens with zero attached hydrogens (tertiary/aromatic N) is 4. The number of benzene rings is 2. The normalized spacial score (nSPS) is 13.4. The Morgan fingerprint density at radius 2 is 2.00 bits per heavy atom. The van der Waals surface area contributed by atoms with Crippen molar-refractivity contribution in [2.24, 2.45) is 0 Å². The topological polar surface area (TPSA) is 106 Å². The average molecular weight is 454 g/mol. The van der Waals surface area contributed by atoms with Crippen LogP contribution in [0.3, 0.4) is 0 Å². The van der Waals surface area contributed by atoms with Crippen LogP contribution in [0.5, 0.6) is 5.75 Å². The number of nitrogens with one attached hydrogen (secondary N) is 1. The van der Waals surface area contributed by atoms with Gasteiger partial charge in [-0.3, -0.25) is 4.79 Å². The molecule has 1 aromatic heterocycles. The molecule has 0 aliphatic carbocycles. The Kier molecular flexibility index (Phi) is 6.62. The minimum Gasteiger partial charge on any atom is -0.486 e. The highest BCUT2D eigenvalue weighted by Gasteiger charge is 2.22. The molecule has 3 N–H and O–H groups in total. The fourth-order valence-electron chi connectivity index (χ4n) is 3.66. The number of nitrogens with two attached hydrogens (primary N) is 1. The Morgan fingerprint density at radius 1 is 1.15 bits per heavy atom. The predicted octanol–water partition coefficient (Wildman–Crippen LogP) is 3.40. The highest BCUT2D eigenvalue weighted by Crippen LogP contribution is 2.27. The first-order valence-electron chi connectivity index (χ1n) is 10.6. The summed E-state index contributed by atoms with van der Waals surface area (Å²) >= 11 is 0. The second-order valence-electron chi connectivity index (χ2n) is 7.79. The number of halogens is 2. The lowest BCUT2D eigenvalue weighted by Crippen LogP contribution is -2.23. The minimum atomic E-state index is -0.497. The first kappa shape index (κ1) is 22.4. The molecule has 0 atom stereocenters. The molecular weight excluding hydrogens is 430 g/mol. The van der Waals surface area contributed by atoms with Crippen LogP contribution in [0, 0.1) is 18.6 Å². The summed E-state index contributed by atoms with van der Waals surface area (Å²) in [4.78, 5) is 26.2. The maximum absolute atomic E-state index is 13.8. The van der Waals surface area contributed by atoms with E-state index in [1.807, 2.05) is 25.1 Å². The van der Waals surface area contributed by atoms with Gasteiger partial charge in [-0.05, 0) is 61.2 Å². The van der Waals surface area contributed by atoms with E-state index in [2.05, 4.69) is 20.3 Å². The van der Waals surface area contributed by atoms with E-state index in [0.29, 0.717) is 24.5 Å². The van der Waals surface area contributed by atoms with Gasteiger partial charge in [-0.25, -0.2) is 8.78 Å². The zero-order valence-electron chi connectivity index (χ0n) is 18.1. The van der Waals surface area contributed by atoms with Gasteiger partial charge >= 0.3 is 0 Å². The molecule has 33 heavy (non-hydrogen) atoms. The van der Waals surface area contributed by atoms with Gasteiger partial charge in [-0.1, -0.05) is 0 Å². The molecule has 0 unspecified atom stereocenters. The lowest BCUT2D eigenvalue weighted by atomic mass is 10.1. The van der Waals surface area contributed by atoms with Gasteiger partial charge < -0.3 is 20.7 Å². The minimum absolute atomic E-state index is 0.00984. The van der Waals surface area contributed by atoms with E-state index in [1.54, 1.807) is 4.90 Å². The fraction of sp³-hybridized carbons (Fsp3) is 0.304. The monoisotopic (exact) mass is 454 g/mol. The van der Waals surface area contributed by atoms with E-state index in [4.69, 9.17) is 10.5 Å². The number of hydrogen-bond donors (Lipinski definition) is 2. The number of aromatic nitrogens is 3. The third-order valence-corrected chi connectivity index (χ3v) is 5.17. The summed E-state index contributed by atoms with van der Waals surface area (Å²) in [5.74, 6) is 0.244. The largest absolute Gasteiger partial charge is 0.486 e. The second kappa shape index (κ2) is 9.76. The smallest absolute Gasteiger partial charge is 0.227 e. The quantitative estimate of drug-likeness (QED) is 0.537. The summed E-state index contributed by atoms with van der Waals surface area (Å²) in [6.07, 6.45) is 1.63. The van der Waals surface area contributed by atoms with Crippen molar-refractivity contribution < 1.29 is 18.3 Å². The number of hydrogen-bond acceptors (Lipinski definition) is 7. The molecule has 4 rings (SSSR count). The molecule has 2 aromatic carbocycles. The molecule has 1 fully saturated rings. The second-order valence-corrected chi connectivity index (χ2v) is 7.79. The van der Waals surface area contributed by atoms with E-state index in [0.717, 1.165) is 35.9 Å². The first-order chi connectivity index (χ1) is 15.9. The summed E-state index contributed by atoms with van der Waals surface area (Å²) in [6.45, 7) is 2.94. The Hall–Kier alpha value is -3.82. The van der Waals surface area contributed by atoms with Crippen LogP contribution in [0.4, 0.5) is 26.4 Å². The molecule has 1 aliphatic rings. The number of anilines is 3. The number of amides is 1. The summed E-state index contributed by atoms with van der Waals surface area (Å²) in [7, 11) is 0. The van der Waals surface area contributed by atoms with E-state index in [9.17, 15) is 13.6 Å². The molecule has 1 amide bonds. The van der Waals surface area contributed by atoms with Crippen molar-refractivity contribution in [1.82, 2.24) is 15.0 Å². The fourth-order valence-corrected chi connectivity index (χ4v) is 3.66. The van der Waals surface area contributed by atoms with Crippen molar-refractivity contribution >= 4 is 23.5 Å². The first-order valence-corrected chi connectivity index (χ1v) is 10.6. The number of nitrogen functional groups attached to an aromatic ring is 1. The average Bonchev–Trinajstić information content (AvgIpc) is 3.20. The van der Waals surface area contributed by atoms with E-state index < -0.39 is 11.6 Å². The zero-order valence-corrected chi connectivity index (χ0v) is 18.1. The zero-order chi connectivity index (χ0) is 23.4. The summed E-state index contributed by atoms with van der Waals surface area (Å²) in [6, 6.07) is 8.95. The molecule has 172 valence electrons. The van der Waals surface area contributed by atoms with Crippen LogP contribution in [0.15, 0.2) is 36.4 Å². The lowest BCUT2D eigenvalue weighted by Gasteiger charge is -2.18. The van der Waals surface area contributed by atoms with E-state index in [1.165, 1.54) is 0 Å². The van der Waals surface area contributed by atoms with E-state index in [-0.39, 0.29) is 42.9 Å². The number of aryl methyl sites for hydroxylation is 1. The Labute approximate surface area is 189 Å². The number of ether oxygens (including phenoxy) is 1. The molecular formula is C23H24F2N6O2. The summed E-state index contributed by atoms with van der Waals surface area (Å²) < 4.78 is 32.9. The van der Waals surface area contributed by atoms with Crippen molar-refractivity contribution in [2.45, 2.75) is 32.8 Å². The Bertz CT molecular complexity index is 1170. The third-order valence-electron chi connectivity index (χ3n) is 5.17. The van der Waals surface area contributed by atoms with E-state index >= 15 is 0 Å². The van der Waals surface area contributed by atoms with Crippen LogP contribution < -0.4 is 20.7 Å². The molecule has 8 nitrogen and oxygen atoms in total. The van der Waals surface area contributed by atoms with Gasteiger partial charge in [-0.2, -0.15) is 15.0 Å². The predicted molar refractivity (Wildman–Crippen MR) is 120 cm³/mol. The van der Waals surface area contributed by atoms with Crippen LogP contribution >= 0.6 is 0 Å². The molecule has 0 bridgehead atoms. The molecule has 2 heterocycles. The molecule has 1 aliphatic heterocycles. The third kappa shape index (κ3) is 5.71. The molecule has 10 heteroatoms. The maximum atomic E-state index is 13.8. The van der Waals surface area contributed by atoms with Gasteiger partial charge in [0.25, 0.3) is 0 Å². The van der Waals surface area contributed by atoms with Gasteiger partial charge in [0.05, 0.1) is 0 Å². The van der Waals surface area contributed by atoms with Gasteiger partial charge in [0.2, 0.25) is 17.8 Å². The summed E-state index contributed by atoms with van der Waals surface area (Å²) in [5, 5.41) is 2.95. The van der Waals surface area contributed by atoms with Crippen molar-refractivity contribution in [3.63, 3.8) is 0 Å². The Morgan fingerprint density at radius 3 is 2.79 bits per heavy atom. The van der Waals surface area contributed by atoms with Crippen LogP contribution in [0.25, 0.3) is 0 Å². The van der Waals surface area contributed by atoms with Gasteiger partial charge in [-0.15, -0.1) is 0 Å². The maximum Gasteiger partial charge on any atom is 0.227 e. The van der Waals surface area contributed by atoms with Gasteiger partial charge in [0.15, 0.2) is 5.82 Å². The molecule has 3 aromatic rings. The Balaban J connectivity index is 1.39. The lowest BCUT2D eigenvalue weighted by molar-refractivity contribution is -0.117. The van der Waals surface area contributed by atoms with Crippen molar-refractivity contribution in [3.05, 3.63) is 65.0 Å². The number of rotatable bonds is 8. The van der Waals surface area contributed by atoms with Crippen molar-refractivity contribution in [1.29, 1.82) is 0 Å². The van der Waals surface area contributed by atoms with Crippen LogP contribution in [0.1, 0.15) is 29.8 Å².